The fourth-order valence-electron chi connectivity index (χ4n) is 4.36. The van der Waals surface area contributed by atoms with Crippen molar-refractivity contribution < 1.29 is 18.7 Å². The maximum absolute atomic E-state index is 12.7. The first kappa shape index (κ1) is 24.1. The van der Waals surface area contributed by atoms with Crippen LogP contribution in [0.4, 0.5) is 0 Å². The summed E-state index contributed by atoms with van der Waals surface area (Å²) in [5.74, 6) is 1.46. The molecule has 1 amide bonds. The maximum atomic E-state index is 12.7. The molecule has 0 bridgehead atoms. The van der Waals surface area contributed by atoms with Gasteiger partial charge in [-0.2, -0.15) is 11.8 Å². The van der Waals surface area contributed by atoms with E-state index in [4.69, 9.17) is 8.83 Å². The fourth-order valence-corrected chi connectivity index (χ4v) is 4.88. The molecule has 0 fully saturated rings. The summed E-state index contributed by atoms with van der Waals surface area (Å²) in [6.45, 7) is 3.72. The molecule has 2 heterocycles. The van der Waals surface area contributed by atoms with Crippen LogP contribution in [0.3, 0.4) is 0 Å². The summed E-state index contributed by atoms with van der Waals surface area (Å²) in [7, 11) is 0. The number of carbonyl (C=O) groups excluding carboxylic acids is 1. The number of aliphatic hydroxyl groups is 1. The molecule has 7 heteroatoms. The van der Waals surface area contributed by atoms with Gasteiger partial charge in [0.1, 0.15) is 16.9 Å². The Kier molecular flexibility index (Phi) is 7.44. The zero-order valence-corrected chi connectivity index (χ0v) is 20.5. The number of furan rings is 1. The normalized spacial score (nSPS) is 12.4. The lowest BCUT2D eigenvalue weighted by atomic mass is 9.98. The van der Waals surface area contributed by atoms with Gasteiger partial charge in [0.25, 0.3) is 0 Å². The van der Waals surface area contributed by atoms with Gasteiger partial charge in [-0.15, -0.1) is 0 Å². The monoisotopic (exact) mass is 479 g/mol. The molecule has 0 unspecified atom stereocenters. The number of aryl methyl sites for hydroxylation is 2. The van der Waals surface area contributed by atoms with E-state index in [-0.39, 0.29) is 31.4 Å². The Labute approximate surface area is 202 Å². The Bertz CT molecular complexity index is 1370. The fraction of sp³-hybridized carbons (Fsp3) is 0.333. The lowest BCUT2D eigenvalue weighted by Crippen LogP contribution is -2.38. The molecule has 6 nitrogen and oxygen atoms in total. The Hall–Kier alpha value is -3.03. The quantitative estimate of drug-likeness (QED) is 0.329. The Morgan fingerprint density at radius 2 is 1.82 bits per heavy atom. The van der Waals surface area contributed by atoms with Crippen LogP contribution in [-0.4, -0.2) is 35.7 Å². The number of nitrogens with one attached hydrogen (secondary N) is 1. The van der Waals surface area contributed by atoms with Crippen LogP contribution in [0.1, 0.15) is 29.7 Å². The Morgan fingerprint density at radius 1 is 1.09 bits per heavy atom. The maximum Gasteiger partial charge on any atom is 0.339 e. The van der Waals surface area contributed by atoms with E-state index in [1.165, 1.54) is 0 Å². The second kappa shape index (κ2) is 10.5. The predicted molar refractivity (Wildman–Crippen MR) is 138 cm³/mol. The molecule has 4 rings (SSSR count). The van der Waals surface area contributed by atoms with Crippen molar-refractivity contribution in [3.63, 3.8) is 0 Å². The van der Waals surface area contributed by atoms with Crippen LogP contribution >= 0.6 is 11.8 Å². The molecular formula is C27H29NO5S. The summed E-state index contributed by atoms with van der Waals surface area (Å²) in [5, 5.41) is 14.1. The highest BCUT2D eigenvalue weighted by Crippen LogP contribution is 2.37. The molecule has 34 heavy (non-hydrogen) atoms. The summed E-state index contributed by atoms with van der Waals surface area (Å²) < 4.78 is 11.6. The van der Waals surface area contributed by atoms with Crippen LogP contribution in [0.15, 0.2) is 56.1 Å². The van der Waals surface area contributed by atoms with E-state index in [1.54, 1.807) is 17.8 Å². The topological polar surface area (TPSA) is 92.7 Å². The number of fused-ring (bicyclic) bond motifs is 2. The van der Waals surface area contributed by atoms with Crippen molar-refractivity contribution in [3.8, 4) is 11.1 Å². The largest absolute Gasteiger partial charge is 0.461 e. The van der Waals surface area contributed by atoms with Gasteiger partial charge < -0.3 is 19.3 Å². The lowest BCUT2D eigenvalue weighted by Gasteiger charge is -2.16. The number of thioether (sulfide) groups is 1. The highest BCUT2D eigenvalue weighted by molar-refractivity contribution is 7.98. The van der Waals surface area contributed by atoms with Crippen molar-refractivity contribution in [2.24, 2.45) is 0 Å². The van der Waals surface area contributed by atoms with Crippen molar-refractivity contribution in [1.29, 1.82) is 0 Å². The van der Waals surface area contributed by atoms with Crippen LogP contribution in [0.5, 0.6) is 0 Å². The average Bonchev–Trinajstić information content (AvgIpc) is 3.15. The minimum Gasteiger partial charge on any atom is -0.461 e. The molecular weight excluding hydrogens is 450 g/mol. The first-order valence-electron chi connectivity index (χ1n) is 11.4. The third-order valence-electron chi connectivity index (χ3n) is 6.19. The van der Waals surface area contributed by atoms with Crippen molar-refractivity contribution in [3.05, 3.63) is 69.8 Å². The van der Waals surface area contributed by atoms with Gasteiger partial charge in [-0.25, -0.2) is 4.79 Å². The zero-order valence-electron chi connectivity index (χ0n) is 19.6. The summed E-state index contributed by atoms with van der Waals surface area (Å²) in [6.07, 6.45) is 3.10. The molecule has 2 aromatic heterocycles. The van der Waals surface area contributed by atoms with E-state index < -0.39 is 5.63 Å². The first-order chi connectivity index (χ1) is 16.4. The summed E-state index contributed by atoms with van der Waals surface area (Å²) >= 11 is 1.67. The van der Waals surface area contributed by atoms with E-state index in [9.17, 15) is 14.7 Å². The molecule has 0 aliphatic heterocycles. The summed E-state index contributed by atoms with van der Waals surface area (Å²) in [4.78, 5) is 25.2. The number of aliphatic hydroxyl groups excluding tert-OH is 1. The van der Waals surface area contributed by atoms with Gasteiger partial charge in [0.2, 0.25) is 5.91 Å². The van der Waals surface area contributed by atoms with Gasteiger partial charge in [-0.1, -0.05) is 30.3 Å². The van der Waals surface area contributed by atoms with E-state index in [1.807, 2.05) is 56.5 Å². The third kappa shape index (κ3) is 4.91. The molecule has 178 valence electrons. The highest BCUT2D eigenvalue weighted by atomic mass is 32.2. The predicted octanol–water partition coefficient (Wildman–Crippen LogP) is 4.99. The van der Waals surface area contributed by atoms with Crippen LogP contribution in [-0.2, 0) is 11.2 Å². The van der Waals surface area contributed by atoms with Gasteiger partial charge in [0.15, 0.2) is 0 Å². The molecule has 4 aromatic rings. The van der Waals surface area contributed by atoms with Crippen LogP contribution in [0.2, 0.25) is 0 Å². The van der Waals surface area contributed by atoms with E-state index in [2.05, 4.69) is 5.32 Å². The molecule has 2 N–H and O–H groups in total. The average molecular weight is 480 g/mol. The molecule has 0 aliphatic rings. The number of rotatable bonds is 9. The number of carbonyl (C=O) groups is 1. The first-order valence-corrected chi connectivity index (χ1v) is 12.8. The molecule has 0 saturated carbocycles. The number of hydrogen-bond donors (Lipinski definition) is 2. The van der Waals surface area contributed by atoms with Gasteiger partial charge in [-0.05, 0) is 55.9 Å². The van der Waals surface area contributed by atoms with Gasteiger partial charge in [0.05, 0.1) is 12.6 Å². The van der Waals surface area contributed by atoms with Gasteiger partial charge in [-0.3, -0.25) is 4.79 Å². The number of amides is 1. The molecule has 0 saturated heterocycles. The number of benzene rings is 2. The molecule has 2 aromatic carbocycles. The van der Waals surface area contributed by atoms with Crippen molar-refractivity contribution in [2.75, 3.05) is 18.6 Å². The third-order valence-corrected chi connectivity index (χ3v) is 6.84. The molecule has 1 atom stereocenters. The van der Waals surface area contributed by atoms with E-state index >= 15 is 0 Å². The second-order valence-corrected chi connectivity index (χ2v) is 9.45. The molecule has 0 aliphatic carbocycles. The minimum absolute atomic E-state index is 0.104. The van der Waals surface area contributed by atoms with Crippen LogP contribution in [0.25, 0.3) is 33.1 Å². The minimum atomic E-state index is -0.440. The van der Waals surface area contributed by atoms with Crippen molar-refractivity contribution in [2.45, 2.75) is 39.2 Å². The van der Waals surface area contributed by atoms with Crippen molar-refractivity contribution >= 4 is 39.6 Å². The van der Waals surface area contributed by atoms with Gasteiger partial charge in [0, 0.05) is 34.4 Å². The summed E-state index contributed by atoms with van der Waals surface area (Å²) in [6, 6.07) is 13.5. The SMILES string of the molecule is CSCC[C@@H](CO)NC(=O)CCc1c(C)c2cc3c(-c4ccccc4)c(C)oc3cc2oc1=O. The molecule has 0 spiro atoms. The smallest absolute Gasteiger partial charge is 0.339 e. The Balaban J connectivity index is 1.66. The van der Waals surface area contributed by atoms with Crippen molar-refractivity contribution in [1.82, 2.24) is 5.32 Å². The van der Waals surface area contributed by atoms with Crippen LogP contribution < -0.4 is 10.9 Å². The Morgan fingerprint density at radius 3 is 2.53 bits per heavy atom. The van der Waals surface area contributed by atoms with Crippen LogP contribution in [0, 0.1) is 13.8 Å². The number of hydrogen-bond acceptors (Lipinski definition) is 6. The standard InChI is InChI=1S/C27H29NO5S/c1-16-20(9-10-25(30)28-19(15-29)11-12-34-3)27(31)33-23-14-24-22(13-21(16)23)26(17(2)32-24)18-7-5-4-6-8-18/h4-8,13-14,19,29H,9-12,15H2,1-3H3,(H,28,30)/t19-/m0/s1. The van der Waals surface area contributed by atoms with E-state index in [0.717, 1.165) is 39.0 Å². The van der Waals surface area contributed by atoms with Gasteiger partial charge >= 0.3 is 5.63 Å². The second-order valence-electron chi connectivity index (χ2n) is 8.47. The zero-order chi connectivity index (χ0) is 24.2. The molecule has 0 radical (unpaired) electrons. The highest BCUT2D eigenvalue weighted by Gasteiger charge is 2.19. The van der Waals surface area contributed by atoms with E-state index in [0.29, 0.717) is 23.2 Å². The lowest BCUT2D eigenvalue weighted by molar-refractivity contribution is -0.122. The summed E-state index contributed by atoms with van der Waals surface area (Å²) in [5.41, 5.74) is 4.07.